The molecular formula is C26H24N8O4S. The maximum atomic E-state index is 13.2. The lowest BCUT2D eigenvalue weighted by molar-refractivity contribution is 0.0730. The van der Waals surface area contributed by atoms with Crippen molar-refractivity contribution >= 4 is 27.4 Å². The lowest BCUT2D eigenvalue weighted by atomic mass is 10.1. The van der Waals surface area contributed by atoms with Gasteiger partial charge < -0.3 is 10.1 Å². The first-order valence-corrected chi connectivity index (χ1v) is 13.6. The Labute approximate surface area is 224 Å². The Hall–Kier alpha value is -4.46. The van der Waals surface area contributed by atoms with Crippen LogP contribution in [0.3, 0.4) is 0 Å². The molecule has 5 heterocycles. The lowest BCUT2D eigenvalue weighted by Gasteiger charge is -2.26. The molecular weight excluding hydrogens is 520 g/mol. The number of fused-ring (bicyclic) bond motifs is 1. The zero-order valence-corrected chi connectivity index (χ0v) is 21.7. The minimum absolute atomic E-state index is 0.166. The molecule has 0 radical (unpaired) electrons. The summed E-state index contributed by atoms with van der Waals surface area (Å²) in [5, 5.41) is 7.56. The summed E-state index contributed by atoms with van der Waals surface area (Å²) in [6.07, 6.45) is 6.58. The van der Waals surface area contributed by atoms with Crippen molar-refractivity contribution in [2.24, 2.45) is 0 Å². The number of aryl methyl sites for hydroxylation is 1. The van der Waals surface area contributed by atoms with Crippen LogP contribution in [0, 0.1) is 6.92 Å². The molecule has 0 atom stereocenters. The number of hydrogen-bond donors (Lipinski definition) is 1. The highest BCUT2D eigenvalue weighted by Gasteiger charge is 2.26. The average Bonchev–Trinajstić information content (AvgIpc) is 3.59. The molecule has 12 nitrogen and oxygen atoms in total. The Morgan fingerprint density at radius 3 is 2.56 bits per heavy atom. The van der Waals surface area contributed by atoms with Gasteiger partial charge in [-0.05, 0) is 36.8 Å². The Morgan fingerprint density at radius 1 is 1.03 bits per heavy atom. The molecule has 1 amide bonds. The molecule has 1 saturated heterocycles. The van der Waals surface area contributed by atoms with Crippen LogP contribution >= 0.6 is 0 Å². The second-order valence-corrected chi connectivity index (χ2v) is 10.9. The van der Waals surface area contributed by atoms with E-state index in [0.29, 0.717) is 54.8 Å². The van der Waals surface area contributed by atoms with Gasteiger partial charge in [-0.3, -0.25) is 9.20 Å². The standard InChI is InChI=1S/C26H24N8O4S/c1-18-3-8-22(28-16-18)34-23(30-26(35)24-25-27-9-2-10-32(25)17-29-24)15-21(31-34)19-4-6-20(7-5-19)39(36,37)33-11-13-38-14-12-33/h2-10,15-17H,11-14H2,1H3,(H,30,35). The fraction of sp³-hybridized carbons (Fsp3) is 0.192. The number of amides is 1. The summed E-state index contributed by atoms with van der Waals surface area (Å²) in [6, 6.07) is 13.7. The molecule has 0 spiro atoms. The maximum absolute atomic E-state index is 13.2. The molecule has 39 heavy (non-hydrogen) atoms. The summed E-state index contributed by atoms with van der Waals surface area (Å²) >= 11 is 0. The second-order valence-electron chi connectivity index (χ2n) is 8.96. The number of aromatic nitrogens is 6. The lowest BCUT2D eigenvalue weighted by Crippen LogP contribution is -2.40. The fourth-order valence-electron chi connectivity index (χ4n) is 4.28. The quantitative estimate of drug-likeness (QED) is 0.344. The Bertz CT molecular complexity index is 1760. The highest BCUT2D eigenvalue weighted by molar-refractivity contribution is 7.89. The van der Waals surface area contributed by atoms with Crippen molar-refractivity contribution < 1.29 is 17.9 Å². The number of ether oxygens (including phenoxy) is 1. The molecule has 1 aliphatic rings. The largest absolute Gasteiger partial charge is 0.379 e. The van der Waals surface area contributed by atoms with Crippen LogP contribution in [0.2, 0.25) is 0 Å². The van der Waals surface area contributed by atoms with Crippen molar-refractivity contribution in [3.8, 4) is 17.1 Å². The molecule has 1 fully saturated rings. The summed E-state index contributed by atoms with van der Waals surface area (Å²) in [5.41, 5.74) is 2.76. The zero-order chi connectivity index (χ0) is 27.0. The van der Waals surface area contributed by atoms with Crippen molar-refractivity contribution in [2.75, 3.05) is 31.6 Å². The van der Waals surface area contributed by atoms with Crippen LogP contribution in [0.5, 0.6) is 0 Å². The molecule has 1 aliphatic heterocycles. The van der Waals surface area contributed by atoms with Crippen molar-refractivity contribution in [2.45, 2.75) is 11.8 Å². The van der Waals surface area contributed by atoms with Crippen molar-refractivity contribution in [1.29, 1.82) is 0 Å². The summed E-state index contributed by atoms with van der Waals surface area (Å²) in [6.45, 7) is 3.32. The fourth-order valence-corrected chi connectivity index (χ4v) is 5.68. The van der Waals surface area contributed by atoms with Crippen LogP contribution in [0.25, 0.3) is 22.7 Å². The number of carbonyl (C=O) groups excluding carboxylic acids is 1. The topological polar surface area (TPSA) is 137 Å². The van der Waals surface area contributed by atoms with E-state index >= 15 is 0 Å². The predicted octanol–water partition coefficient (Wildman–Crippen LogP) is 2.56. The van der Waals surface area contributed by atoms with Gasteiger partial charge in [0.05, 0.1) is 23.8 Å². The van der Waals surface area contributed by atoms with Gasteiger partial charge in [0.15, 0.2) is 17.2 Å². The van der Waals surface area contributed by atoms with Gasteiger partial charge in [-0.15, -0.1) is 0 Å². The van der Waals surface area contributed by atoms with Crippen LogP contribution in [-0.4, -0.2) is 74.1 Å². The van der Waals surface area contributed by atoms with Gasteiger partial charge in [-0.1, -0.05) is 18.2 Å². The number of hydrogen-bond acceptors (Lipinski definition) is 8. The van der Waals surface area contributed by atoms with E-state index in [-0.39, 0.29) is 10.6 Å². The minimum Gasteiger partial charge on any atom is -0.379 e. The van der Waals surface area contributed by atoms with Gasteiger partial charge in [0.1, 0.15) is 12.1 Å². The van der Waals surface area contributed by atoms with E-state index in [1.165, 1.54) is 15.3 Å². The third-order valence-electron chi connectivity index (χ3n) is 6.33. The van der Waals surface area contributed by atoms with Crippen LogP contribution in [0.1, 0.15) is 16.1 Å². The number of imidazole rings is 1. The third kappa shape index (κ3) is 4.78. The molecule has 0 aliphatic carbocycles. The molecule has 0 saturated carbocycles. The zero-order valence-electron chi connectivity index (χ0n) is 20.9. The highest BCUT2D eigenvalue weighted by Crippen LogP contribution is 2.27. The molecule has 0 unspecified atom stereocenters. The molecule has 198 valence electrons. The number of benzene rings is 1. The Morgan fingerprint density at radius 2 is 1.82 bits per heavy atom. The second kappa shape index (κ2) is 10.0. The van der Waals surface area contributed by atoms with E-state index in [1.54, 1.807) is 65.5 Å². The summed E-state index contributed by atoms with van der Waals surface area (Å²) in [5.74, 6) is 0.415. The van der Waals surface area contributed by atoms with E-state index < -0.39 is 15.9 Å². The predicted molar refractivity (Wildman–Crippen MR) is 142 cm³/mol. The molecule has 13 heteroatoms. The Kier molecular flexibility index (Phi) is 6.38. The van der Waals surface area contributed by atoms with Crippen LogP contribution < -0.4 is 5.32 Å². The van der Waals surface area contributed by atoms with Gasteiger partial charge in [0, 0.05) is 43.3 Å². The van der Waals surface area contributed by atoms with Crippen LogP contribution in [-0.2, 0) is 14.8 Å². The van der Waals surface area contributed by atoms with E-state index in [0.717, 1.165) is 5.56 Å². The van der Waals surface area contributed by atoms with E-state index in [4.69, 9.17) is 4.74 Å². The van der Waals surface area contributed by atoms with Gasteiger partial charge in [0.2, 0.25) is 10.0 Å². The van der Waals surface area contributed by atoms with Gasteiger partial charge >= 0.3 is 0 Å². The first kappa shape index (κ1) is 24.9. The molecule has 1 aromatic carbocycles. The number of nitrogens with zero attached hydrogens (tertiary/aromatic N) is 7. The molecule has 5 aromatic rings. The van der Waals surface area contributed by atoms with E-state index in [1.807, 2.05) is 13.0 Å². The van der Waals surface area contributed by atoms with Crippen LogP contribution in [0.4, 0.5) is 5.82 Å². The molecule has 4 aromatic heterocycles. The summed E-state index contributed by atoms with van der Waals surface area (Å²) < 4.78 is 35.9. The summed E-state index contributed by atoms with van der Waals surface area (Å²) in [7, 11) is -3.62. The minimum atomic E-state index is -3.62. The van der Waals surface area contributed by atoms with Crippen molar-refractivity contribution in [1.82, 2.24) is 33.4 Å². The van der Waals surface area contributed by atoms with E-state index in [9.17, 15) is 13.2 Å². The van der Waals surface area contributed by atoms with Gasteiger partial charge in [-0.25, -0.2) is 23.4 Å². The number of rotatable bonds is 6. The normalized spacial score (nSPS) is 14.5. The number of nitrogens with one attached hydrogen (secondary N) is 1. The average molecular weight is 545 g/mol. The van der Waals surface area contributed by atoms with Crippen molar-refractivity contribution in [3.05, 3.63) is 84.7 Å². The van der Waals surface area contributed by atoms with Crippen molar-refractivity contribution in [3.63, 3.8) is 0 Å². The smallest absolute Gasteiger partial charge is 0.279 e. The number of anilines is 1. The molecule has 0 bridgehead atoms. The van der Waals surface area contributed by atoms with Gasteiger partial charge in [0.25, 0.3) is 5.91 Å². The maximum Gasteiger partial charge on any atom is 0.279 e. The first-order valence-electron chi connectivity index (χ1n) is 12.2. The first-order chi connectivity index (χ1) is 18.9. The SMILES string of the molecule is Cc1ccc(-n2nc(-c3ccc(S(=O)(=O)N4CCOCC4)cc3)cc2NC(=O)c2ncn3cccnc23)nc1. The molecule has 1 N–H and O–H groups in total. The van der Waals surface area contributed by atoms with Gasteiger partial charge in [-0.2, -0.15) is 14.1 Å². The monoisotopic (exact) mass is 544 g/mol. The van der Waals surface area contributed by atoms with E-state index in [2.05, 4.69) is 25.4 Å². The molecule has 6 rings (SSSR count). The number of pyridine rings is 1. The number of morpholine rings is 1. The highest BCUT2D eigenvalue weighted by atomic mass is 32.2. The van der Waals surface area contributed by atoms with Crippen LogP contribution in [0.15, 0.2) is 78.3 Å². The summed E-state index contributed by atoms with van der Waals surface area (Å²) in [4.78, 5) is 26.3. The Balaban J connectivity index is 1.34. The number of sulfonamides is 1. The number of carbonyl (C=O) groups is 1. The third-order valence-corrected chi connectivity index (χ3v) is 8.25.